The quantitative estimate of drug-likeness (QED) is 0.479. The third kappa shape index (κ3) is 3.48. The van der Waals surface area contributed by atoms with Crippen LogP contribution in [0.2, 0.25) is 0 Å². The van der Waals surface area contributed by atoms with E-state index in [-0.39, 0.29) is 23.5 Å². The van der Waals surface area contributed by atoms with E-state index < -0.39 is 0 Å². The number of aromatic nitrogens is 5. The molecule has 1 saturated carbocycles. The highest BCUT2D eigenvalue weighted by Crippen LogP contribution is 2.37. The van der Waals surface area contributed by atoms with Crippen LogP contribution in [-0.4, -0.2) is 24.5 Å². The summed E-state index contributed by atoms with van der Waals surface area (Å²) in [6.45, 7) is 0. The molecular formula is C19H23N7OS2. The molecular weight excluding hydrogens is 406 g/mol. The number of aryl methyl sites for hydroxylation is 2. The molecule has 3 heterocycles. The van der Waals surface area contributed by atoms with Gasteiger partial charge in [-0.25, -0.2) is 4.98 Å². The van der Waals surface area contributed by atoms with Gasteiger partial charge in [-0.15, -0.1) is 11.3 Å². The zero-order chi connectivity index (χ0) is 20.0. The predicted octanol–water partition coefficient (Wildman–Crippen LogP) is 3.09. The summed E-state index contributed by atoms with van der Waals surface area (Å²) >= 11 is 3.16. The number of thiophene rings is 1. The van der Waals surface area contributed by atoms with Crippen molar-refractivity contribution in [2.45, 2.75) is 68.3 Å². The van der Waals surface area contributed by atoms with Gasteiger partial charge in [-0.05, 0) is 44.1 Å². The molecule has 2 aliphatic rings. The van der Waals surface area contributed by atoms with Crippen LogP contribution in [0.1, 0.15) is 60.8 Å². The largest absolute Gasteiger partial charge is 0.368 e. The number of rotatable bonds is 4. The van der Waals surface area contributed by atoms with Crippen molar-refractivity contribution >= 4 is 45.2 Å². The smallest absolute Gasteiger partial charge is 0.263 e. The Kier molecular flexibility index (Phi) is 4.91. The van der Waals surface area contributed by atoms with E-state index in [4.69, 9.17) is 16.5 Å². The zero-order valence-corrected chi connectivity index (χ0v) is 17.7. The van der Waals surface area contributed by atoms with Gasteiger partial charge in [0.2, 0.25) is 11.9 Å². The molecule has 0 saturated heterocycles. The molecule has 3 aromatic rings. The SMILES string of the molecule is Nc1nc(N)nc(CSc2nc3sc4c(c3c(=O)n2C2CCCC2)CCCC4)n1. The van der Waals surface area contributed by atoms with Crippen molar-refractivity contribution in [1.82, 2.24) is 24.5 Å². The first kappa shape index (κ1) is 18.8. The summed E-state index contributed by atoms with van der Waals surface area (Å²) in [5.41, 5.74) is 12.8. The van der Waals surface area contributed by atoms with E-state index >= 15 is 0 Å². The van der Waals surface area contributed by atoms with Crippen LogP contribution in [0, 0.1) is 0 Å². The summed E-state index contributed by atoms with van der Waals surface area (Å²) < 4.78 is 1.94. The van der Waals surface area contributed by atoms with Gasteiger partial charge in [0.05, 0.1) is 11.1 Å². The second-order valence-corrected chi connectivity index (χ2v) is 9.68. The molecule has 0 unspecified atom stereocenters. The molecule has 152 valence electrons. The van der Waals surface area contributed by atoms with Gasteiger partial charge in [-0.1, -0.05) is 24.6 Å². The summed E-state index contributed by atoms with van der Waals surface area (Å²) in [4.78, 5) is 32.9. The number of fused-ring (bicyclic) bond motifs is 3. The van der Waals surface area contributed by atoms with E-state index in [2.05, 4.69) is 15.0 Å². The van der Waals surface area contributed by atoms with Crippen molar-refractivity contribution in [3.8, 4) is 0 Å². The molecule has 1 fully saturated rings. The number of anilines is 2. The minimum atomic E-state index is 0.107. The lowest BCUT2D eigenvalue weighted by atomic mass is 9.97. The second-order valence-electron chi connectivity index (χ2n) is 7.66. The van der Waals surface area contributed by atoms with Gasteiger partial charge < -0.3 is 11.5 Å². The summed E-state index contributed by atoms with van der Waals surface area (Å²) in [5, 5.41) is 1.60. The van der Waals surface area contributed by atoms with Crippen LogP contribution >= 0.6 is 23.1 Å². The molecule has 3 aromatic heterocycles. The third-order valence-corrected chi connectivity index (χ3v) is 7.86. The van der Waals surface area contributed by atoms with Crippen molar-refractivity contribution in [2.75, 3.05) is 11.5 Å². The average molecular weight is 430 g/mol. The molecule has 29 heavy (non-hydrogen) atoms. The standard InChI is InChI=1S/C19H23N7OS2/c20-17-22-13(23-18(21)25-17)9-28-19-24-15-14(11-7-3-4-8-12(11)29-15)16(27)26(19)10-5-1-2-6-10/h10H,1-9H2,(H4,20,21,22,23,25). The highest BCUT2D eigenvalue weighted by Gasteiger charge is 2.27. The molecule has 4 N–H and O–H groups in total. The normalized spacial score (nSPS) is 17.1. The van der Waals surface area contributed by atoms with E-state index in [9.17, 15) is 4.79 Å². The molecule has 0 amide bonds. The first-order valence-electron chi connectivity index (χ1n) is 10.1. The lowest BCUT2D eigenvalue weighted by molar-refractivity contribution is 0.457. The van der Waals surface area contributed by atoms with Gasteiger partial charge >= 0.3 is 0 Å². The van der Waals surface area contributed by atoms with Crippen molar-refractivity contribution < 1.29 is 0 Å². The van der Waals surface area contributed by atoms with Gasteiger partial charge in [0.1, 0.15) is 10.7 Å². The maximum atomic E-state index is 13.6. The fourth-order valence-corrected chi connectivity index (χ4v) is 6.66. The maximum absolute atomic E-state index is 13.6. The number of nitrogens with zero attached hydrogens (tertiary/aromatic N) is 5. The summed E-state index contributed by atoms with van der Waals surface area (Å²) in [5.74, 6) is 1.15. The Bertz CT molecular complexity index is 1110. The number of hydrogen-bond acceptors (Lipinski definition) is 9. The van der Waals surface area contributed by atoms with Crippen LogP contribution < -0.4 is 17.0 Å². The maximum Gasteiger partial charge on any atom is 0.263 e. The van der Waals surface area contributed by atoms with Gasteiger partial charge in [0.15, 0.2) is 5.16 Å². The average Bonchev–Trinajstić information content (AvgIpc) is 3.33. The Morgan fingerprint density at radius 3 is 2.48 bits per heavy atom. The Hall–Kier alpha value is -2.20. The Morgan fingerprint density at radius 1 is 1.00 bits per heavy atom. The van der Waals surface area contributed by atoms with E-state index in [1.165, 1.54) is 28.6 Å². The molecule has 0 aliphatic heterocycles. The van der Waals surface area contributed by atoms with E-state index in [1.54, 1.807) is 11.3 Å². The van der Waals surface area contributed by atoms with Crippen LogP contribution in [0.15, 0.2) is 9.95 Å². The van der Waals surface area contributed by atoms with E-state index in [0.717, 1.165) is 60.3 Å². The molecule has 0 radical (unpaired) electrons. The van der Waals surface area contributed by atoms with Crippen LogP contribution in [0.25, 0.3) is 10.2 Å². The van der Waals surface area contributed by atoms with Gasteiger partial charge in [0, 0.05) is 10.9 Å². The molecule has 10 heteroatoms. The van der Waals surface area contributed by atoms with Crippen LogP contribution in [0.3, 0.4) is 0 Å². The molecule has 8 nitrogen and oxygen atoms in total. The predicted molar refractivity (Wildman–Crippen MR) is 116 cm³/mol. The molecule has 0 atom stereocenters. The fraction of sp³-hybridized carbons (Fsp3) is 0.526. The van der Waals surface area contributed by atoms with Crippen molar-refractivity contribution in [3.05, 3.63) is 26.6 Å². The van der Waals surface area contributed by atoms with Crippen molar-refractivity contribution in [3.63, 3.8) is 0 Å². The summed E-state index contributed by atoms with van der Waals surface area (Å²) in [7, 11) is 0. The van der Waals surface area contributed by atoms with Crippen molar-refractivity contribution in [2.24, 2.45) is 0 Å². The van der Waals surface area contributed by atoms with Gasteiger partial charge in [0.25, 0.3) is 5.56 Å². The van der Waals surface area contributed by atoms with Crippen LogP contribution in [0.4, 0.5) is 11.9 Å². The lowest BCUT2D eigenvalue weighted by Crippen LogP contribution is -2.26. The number of nitrogens with two attached hydrogens (primary N) is 2. The van der Waals surface area contributed by atoms with E-state index in [0.29, 0.717) is 11.6 Å². The summed E-state index contributed by atoms with van der Waals surface area (Å²) in [6, 6.07) is 0.217. The van der Waals surface area contributed by atoms with Crippen LogP contribution in [0.5, 0.6) is 0 Å². The van der Waals surface area contributed by atoms with Gasteiger partial charge in [-0.3, -0.25) is 9.36 Å². The topological polar surface area (TPSA) is 126 Å². The van der Waals surface area contributed by atoms with E-state index in [1.807, 2.05) is 4.57 Å². The minimum Gasteiger partial charge on any atom is -0.368 e. The monoisotopic (exact) mass is 429 g/mol. The molecule has 0 spiro atoms. The second kappa shape index (κ2) is 7.56. The Morgan fingerprint density at radius 2 is 1.72 bits per heavy atom. The summed E-state index contributed by atoms with van der Waals surface area (Å²) in [6.07, 6.45) is 8.76. The highest BCUT2D eigenvalue weighted by atomic mass is 32.2. The molecule has 2 aliphatic carbocycles. The fourth-order valence-electron chi connectivity index (χ4n) is 4.44. The van der Waals surface area contributed by atoms with Gasteiger partial charge in [-0.2, -0.15) is 15.0 Å². The molecule has 0 bridgehead atoms. The first-order chi connectivity index (χ1) is 14.1. The van der Waals surface area contributed by atoms with Crippen LogP contribution in [-0.2, 0) is 18.6 Å². The zero-order valence-electron chi connectivity index (χ0n) is 16.1. The molecule has 0 aromatic carbocycles. The minimum absolute atomic E-state index is 0.107. The Balaban J connectivity index is 1.59. The number of thioether (sulfide) groups is 1. The number of hydrogen-bond donors (Lipinski definition) is 2. The first-order valence-corrected chi connectivity index (χ1v) is 11.9. The molecule has 5 rings (SSSR count). The Labute approximate surface area is 176 Å². The van der Waals surface area contributed by atoms with Crippen molar-refractivity contribution in [1.29, 1.82) is 0 Å². The lowest BCUT2D eigenvalue weighted by Gasteiger charge is -2.18. The third-order valence-electron chi connectivity index (χ3n) is 5.73. The number of nitrogen functional groups attached to an aromatic ring is 2. The highest BCUT2D eigenvalue weighted by molar-refractivity contribution is 7.98.